The van der Waals surface area contributed by atoms with Gasteiger partial charge in [-0.2, -0.15) is 0 Å². The van der Waals surface area contributed by atoms with E-state index in [1.807, 2.05) is 0 Å². The minimum atomic E-state index is -0.684. The predicted molar refractivity (Wildman–Crippen MR) is 87.9 cm³/mol. The zero-order valence-corrected chi connectivity index (χ0v) is 13.6. The molecule has 7 nitrogen and oxygen atoms in total. The maximum absolute atomic E-state index is 13.5. The first-order chi connectivity index (χ1) is 11.8. The van der Waals surface area contributed by atoms with E-state index in [0.717, 1.165) is 11.0 Å². The number of aryl methyl sites for hydroxylation is 1. The summed E-state index contributed by atoms with van der Waals surface area (Å²) < 4.78 is 18.1. The molecular formula is C17H15FN2O5. The van der Waals surface area contributed by atoms with Gasteiger partial charge in [-0.25, -0.2) is 4.39 Å². The molecule has 0 heterocycles. The molecule has 1 amide bonds. The lowest BCUT2D eigenvalue weighted by Gasteiger charge is -2.22. The molecule has 2 aromatic carbocycles. The van der Waals surface area contributed by atoms with Gasteiger partial charge < -0.3 is 4.74 Å². The largest absolute Gasteiger partial charge is 0.468 e. The zero-order chi connectivity index (χ0) is 18.6. The van der Waals surface area contributed by atoms with Gasteiger partial charge in [0.05, 0.1) is 12.0 Å². The number of benzene rings is 2. The Balaban J connectivity index is 2.43. The van der Waals surface area contributed by atoms with Crippen molar-refractivity contribution in [1.82, 2.24) is 0 Å². The number of nitro benzene ring substituents is 1. The van der Waals surface area contributed by atoms with Gasteiger partial charge in [0, 0.05) is 22.9 Å². The van der Waals surface area contributed by atoms with Gasteiger partial charge in [-0.15, -0.1) is 0 Å². The van der Waals surface area contributed by atoms with E-state index in [1.165, 1.54) is 50.4 Å². The molecule has 0 bridgehead atoms. The van der Waals surface area contributed by atoms with Gasteiger partial charge in [-0.1, -0.05) is 6.07 Å². The lowest BCUT2D eigenvalue weighted by atomic mass is 10.1. The van der Waals surface area contributed by atoms with E-state index in [4.69, 9.17) is 0 Å². The number of anilines is 1. The summed E-state index contributed by atoms with van der Waals surface area (Å²) >= 11 is 0. The number of rotatable bonds is 5. The molecule has 0 aromatic heterocycles. The Kier molecular flexibility index (Phi) is 5.43. The fourth-order valence-corrected chi connectivity index (χ4v) is 2.27. The SMILES string of the molecule is COC(=O)CN(C(=O)c1ccc([N+](=O)[O-])c(C)c1)c1cccc(F)c1. The molecular weight excluding hydrogens is 331 g/mol. The van der Waals surface area contributed by atoms with Gasteiger partial charge >= 0.3 is 5.97 Å². The highest BCUT2D eigenvalue weighted by Gasteiger charge is 2.23. The number of methoxy groups -OCH3 is 1. The van der Waals surface area contributed by atoms with Gasteiger partial charge in [0.1, 0.15) is 12.4 Å². The molecule has 0 unspecified atom stereocenters. The summed E-state index contributed by atoms with van der Waals surface area (Å²) in [6, 6.07) is 9.05. The average molecular weight is 346 g/mol. The third-order valence-electron chi connectivity index (χ3n) is 3.52. The number of nitro groups is 1. The second-order valence-corrected chi connectivity index (χ2v) is 5.21. The molecule has 0 aliphatic rings. The summed E-state index contributed by atoms with van der Waals surface area (Å²) in [6.45, 7) is 1.08. The molecule has 2 rings (SSSR count). The van der Waals surface area contributed by atoms with Gasteiger partial charge in [0.15, 0.2) is 0 Å². The first-order valence-electron chi connectivity index (χ1n) is 7.22. The van der Waals surface area contributed by atoms with Crippen LogP contribution in [0.2, 0.25) is 0 Å². The lowest BCUT2D eigenvalue weighted by molar-refractivity contribution is -0.385. The highest BCUT2D eigenvalue weighted by molar-refractivity contribution is 6.08. The van der Waals surface area contributed by atoms with Crippen molar-refractivity contribution >= 4 is 23.3 Å². The molecule has 130 valence electrons. The Morgan fingerprint density at radius 1 is 1.24 bits per heavy atom. The minimum Gasteiger partial charge on any atom is -0.468 e. The van der Waals surface area contributed by atoms with E-state index in [9.17, 15) is 24.1 Å². The molecule has 0 saturated carbocycles. The van der Waals surface area contributed by atoms with Gasteiger partial charge in [0.25, 0.3) is 11.6 Å². The van der Waals surface area contributed by atoms with Crippen molar-refractivity contribution in [3.8, 4) is 0 Å². The molecule has 0 atom stereocenters. The summed E-state index contributed by atoms with van der Waals surface area (Å²) in [5.41, 5.74) is 0.484. The first kappa shape index (κ1) is 18.1. The zero-order valence-electron chi connectivity index (χ0n) is 13.6. The summed E-state index contributed by atoms with van der Waals surface area (Å²) in [5.74, 6) is -1.86. The van der Waals surface area contributed by atoms with Crippen LogP contribution in [0.3, 0.4) is 0 Å². The van der Waals surface area contributed by atoms with Crippen LogP contribution in [0.1, 0.15) is 15.9 Å². The smallest absolute Gasteiger partial charge is 0.325 e. The standard InChI is InChI=1S/C17H15FN2O5/c1-11-8-12(6-7-15(11)20(23)24)17(22)19(10-16(21)25-2)14-5-3-4-13(18)9-14/h3-9H,10H2,1-2H3. The van der Waals surface area contributed by atoms with Crippen molar-refractivity contribution in [2.75, 3.05) is 18.6 Å². The highest BCUT2D eigenvalue weighted by Crippen LogP contribution is 2.23. The number of carbonyl (C=O) groups excluding carboxylic acids is 2. The second kappa shape index (κ2) is 7.52. The number of carbonyl (C=O) groups is 2. The van der Waals surface area contributed by atoms with Gasteiger partial charge in [0.2, 0.25) is 0 Å². The minimum absolute atomic E-state index is 0.123. The third kappa shape index (κ3) is 4.17. The number of hydrogen-bond acceptors (Lipinski definition) is 5. The number of esters is 1. The molecule has 0 fully saturated rings. The van der Waals surface area contributed by atoms with Crippen molar-refractivity contribution in [3.05, 3.63) is 69.5 Å². The van der Waals surface area contributed by atoms with E-state index < -0.39 is 29.2 Å². The Labute approximate surface area is 142 Å². The van der Waals surface area contributed by atoms with Crippen LogP contribution in [-0.4, -0.2) is 30.5 Å². The molecule has 0 N–H and O–H groups in total. The first-order valence-corrected chi connectivity index (χ1v) is 7.22. The number of hydrogen-bond donors (Lipinski definition) is 0. The molecule has 0 spiro atoms. The fourth-order valence-electron chi connectivity index (χ4n) is 2.27. The normalized spacial score (nSPS) is 10.2. The summed E-state index contributed by atoms with van der Waals surface area (Å²) in [4.78, 5) is 35.8. The van der Waals surface area contributed by atoms with Crippen LogP contribution >= 0.6 is 0 Å². The van der Waals surface area contributed by atoms with E-state index >= 15 is 0 Å². The lowest BCUT2D eigenvalue weighted by Crippen LogP contribution is -2.36. The van der Waals surface area contributed by atoms with Crippen molar-refractivity contribution in [1.29, 1.82) is 0 Å². The van der Waals surface area contributed by atoms with Gasteiger partial charge in [-0.05, 0) is 37.3 Å². The van der Waals surface area contributed by atoms with Crippen LogP contribution in [0.4, 0.5) is 15.8 Å². The number of halogens is 1. The van der Waals surface area contributed by atoms with E-state index in [2.05, 4.69) is 4.74 Å². The second-order valence-electron chi connectivity index (χ2n) is 5.21. The fraction of sp³-hybridized carbons (Fsp3) is 0.176. The number of nitrogens with zero attached hydrogens (tertiary/aromatic N) is 2. The third-order valence-corrected chi connectivity index (χ3v) is 3.52. The van der Waals surface area contributed by atoms with Crippen molar-refractivity contribution in [2.24, 2.45) is 0 Å². The topological polar surface area (TPSA) is 89.8 Å². The molecule has 2 aromatic rings. The van der Waals surface area contributed by atoms with Crippen LogP contribution in [0.25, 0.3) is 0 Å². The van der Waals surface area contributed by atoms with E-state index in [0.29, 0.717) is 5.56 Å². The maximum Gasteiger partial charge on any atom is 0.325 e. The summed E-state index contributed by atoms with van der Waals surface area (Å²) in [6.07, 6.45) is 0. The quantitative estimate of drug-likeness (QED) is 0.472. The number of amides is 1. The van der Waals surface area contributed by atoms with Crippen LogP contribution in [0.15, 0.2) is 42.5 Å². The average Bonchev–Trinajstić information content (AvgIpc) is 2.58. The molecule has 0 aliphatic carbocycles. The highest BCUT2D eigenvalue weighted by atomic mass is 19.1. The number of ether oxygens (including phenoxy) is 1. The Hall–Kier alpha value is -3.29. The van der Waals surface area contributed by atoms with E-state index in [-0.39, 0.29) is 16.9 Å². The summed E-state index contributed by atoms with van der Waals surface area (Å²) in [5, 5.41) is 10.9. The van der Waals surface area contributed by atoms with Crippen LogP contribution < -0.4 is 4.90 Å². The Bertz CT molecular complexity index is 838. The van der Waals surface area contributed by atoms with Crippen molar-refractivity contribution in [3.63, 3.8) is 0 Å². The maximum atomic E-state index is 13.5. The van der Waals surface area contributed by atoms with Crippen LogP contribution in [0, 0.1) is 22.9 Å². The molecule has 0 aliphatic heterocycles. The predicted octanol–water partition coefficient (Wildman–Crippen LogP) is 2.86. The summed E-state index contributed by atoms with van der Waals surface area (Å²) in [7, 11) is 1.17. The monoisotopic (exact) mass is 346 g/mol. The Morgan fingerprint density at radius 2 is 1.96 bits per heavy atom. The van der Waals surface area contributed by atoms with Crippen LogP contribution in [-0.2, 0) is 9.53 Å². The van der Waals surface area contributed by atoms with Gasteiger partial charge in [-0.3, -0.25) is 24.6 Å². The molecule has 8 heteroatoms. The Morgan fingerprint density at radius 3 is 2.52 bits per heavy atom. The molecule has 0 saturated heterocycles. The van der Waals surface area contributed by atoms with Crippen molar-refractivity contribution in [2.45, 2.75) is 6.92 Å². The molecule has 0 radical (unpaired) electrons. The van der Waals surface area contributed by atoms with Crippen LogP contribution in [0.5, 0.6) is 0 Å². The molecule has 25 heavy (non-hydrogen) atoms. The van der Waals surface area contributed by atoms with Crippen molar-refractivity contribution < 1.29 is 23.6 Å². The van der Waals surface area contributed by atoms with E-state index in [1.54, 1.807) is 0 Å².